The zero-order valence-corrected chi connectivity index (χ0v) is 13.2. The highest BCUT2D eigenvalue weighted by molar-refractivity contribution is 5.76. The minimum Gasteiger partial charge on any atom is -0.378 e. The monoisotopic (exact) mass is 346 g/mol. The van der Waals surface area contributed by atoms with Crippen molar-refractivity contribution in [2.24, 2.45) is 0 Å². The lowest BCUT2D eigenvalue weighted by Crippen LogP contribution is -2.44. The lowest BCUT2D eigenvalue weighted by atomic mass is 10.1. The van der Waals surface area contributed by atoms with E-state index in [1.807, 2.05) is 0 Å². The first-order valence-electron chi connectivity index (χ1n) is 7.72. The lowest BCUT2D eigenvalue weighted by Gasteiger charge is -2.23. The maximum Gasteiger partial charge on any atom is 0.411 e. The Balaban J connectivity index is 1.68. The minimum absolute atomic E-state index is 0.0342. The number of carbonyl (C=O) groups is 1. The van der Waals surface area contributed by atoms with Crippen LogP contribution in [0.1, 0.15) is 17.5 Å². The van der Waals surface area contributed by atoms with Crippen LogP contribution >= 0.6 is 0 Å². The van der Waals surface area contributed by atoms with Crippen LogP contribution in [0.3, 0.4) is 0 Å². The molecule has 1 amide bonds. The summed E-state index contributed by atoms with van der Waals surface area (Å²) in [6, 6.07) is 6.93. The molecule has 5 nitrogen and oxygen atoms in total. The molecule has 1 aliphatic heterocycles. The molecule has 1 aliphatic rings. The number of amides is 1. The van der Waals surface area contributed by atoms with E-state index in [4.69, 9.17) is 4.74 Å². The summed E-state index contributed by atoms with van der Waals surface area (Å²) < 4.78 is 45.8. The SMILES string of the molecule is O=C(CC1COCCN1)NCc1ccc(COCC(F)(F)F)cc1. The Morgan fingerprint density at radius 3 is 2.62 bits per heavy atom. The smallest absolute Gasteiger partial charge is 0.378 e. The van der Waals surface area contributed by atoms with Gasteiger partial charge < -0.3 is 20.1 Å². The molecule has 0 spiro atoms. The van der Waals surface area contributed by atoms with Crippen LogP contribution in [0.5, 0.6) is 0 Å². The summed E-state index contributed by atoms with van der Waals surface area (Å²) in [5, 5.41) is 6.02. The molecule has 24 heavy (non-hydrogen) atoms. The van der Waals surface area contributed by atoms with Gasteiger partial charge in [0.05, 0.1) is 19.8 Å². The molecule has 134 valence electrons. The third-order valence-corrected chi connectivity index (χ3v) is 3.48. The molecule has 8 heteroatoms. The lowest BCUT2D eigenvalue weighted by molar-refractivity contribution is -0.176. The van der Waals surface area contributed by atoms with Crippen molar-refractivity contribution >= 4 is 5.91 Å². The number of alkyl halides is 3. The zero-order chi connectivity index (χ0) is 17.4. The fourth-order valence-electron chi connectivity index (χ4n) is 2.29. The number of hydrogen-bond acceptors (Lipinski definition) is 4. The summed E-state index contributed by atoms with van der Waals surface area (Å²) in [7, 11) is 0. The van der Waals surface area contributed by atoms with Crippen molar-refractivity contribution in [1.29, 1.82) is 0 Å². The summed E-state index contributed by atoms with van der Waals surface area (Å²) >= 11 is 0. The number of benzene rings is 1. The number of rotatable bonds is 7. The van der Waals surface area contributed by atoms with E-state index in [9.17, 15) is 18.0 Å². The average molecular weight is 346 g/mol. The van der Waals surface area contributed by atoms with Crippen LogP contribution in [-0.4, -0.2) is 44.5 Å². The third kappa shape index (κ3) is 7.29. The second kappa shape index (κ2) is 9.00. The molecule has 0 bridgehead atoms. The normalized spacial score (nSPS) is 18.4. The van der Waals surface area contributed by atoms with Crippen LogP contribution in [0.25, 0.3) is 0 Å². The predicted molar refractivity (Wildman–Crippen MR) is 81.2 cm³/mol. The Labute approximate surface area is 138 Å². The minimum atomic E-state index is -4.32. The van der Waals surface area contributed by atoms with Gasteiger partial charge in [-0.3, -0.25) is 4.79 Å². The quantitative estimate of drug-likeness (QED) is 0.790. The van der Waals surface area contributed by atoms with E-state index in [0.29, 0.717) is 31.7 Å². The Kier molecular flexibility index (Phi) is 7.01. The van der Waals surface area contributed by atoms with Crippen LogP contribution < -0.4 is 10.6 Å². The molecule has 1 atom stereocenters. The maximum absolute atomic E-state index is 12.0. The van der Waals surface area contributed by atoms with E-state index in [1.165, 1.54) is 0 Å². The first-order chi connectivity index (χ1) is 11.4. The van der Waals surface area contributed by atoms with Crippen molar-refractivity contribution < 1.29 is 27.4 Å². The van der Waals surface area contributed by atoms with E-state index >= 15 is 0 Å². The summed E-state index contributed by atoms with van der Waals surface area (Å²) in [5.41, 5.74) is 1.52. The van der Waals surface area contributed by atoms with Gasteiger partial charge in [0.15, 0.2) is 0 Å². The van der Waals surface area contributed by atoms with E-state index in [1.54, 1.807) is 24.3 Å². The van der Waals surface area contributed by atoms with E-state index in [2.05, 4.69) is 15.4 Å². The van der Waals surface area contributed by atoms with Gasteiger partial charge in [0, 0.05) is 25.6 Å². The molecule has 1 unspecified atom stereocenters. The molecule has 0 aromatic heterocycles. The molecule has 0 aliphatic carbocycles. The Bertz CT molecular complexity index is 514. The van der Waals surface area contributed by atoms with Crippen LogP contribution in [-0.2, 0) is 27.4 Å². The van der Waals surface area contributed by atoms with Crippen LogP contribution in [0.15, 0.2) is 24.3 Å². The largest absolute Gasteiger partial charge is 0.411 e. The van der Waals surface area contributed by atoms with Crippen molar-refractivity contribution in [3.8, 4) is 0 Å². The topological polar surface area (TPSA) is 59.6 Å². The van der Waals surface area contributed by atoms with Crippen molar-refractivity contribution in [3.63, 3.8) is 0 Å². The summed E-state index contributed by atoms with van der Waals surface area (Å²) in [4.78, 5) is 11.9. The highest BCUT2D eigenvalue weighted by atomic mass is 19.4. The Hall–Kier alpha value is -1.64. The van der Waals surface area contributed by atoms with Crippen LogP contribution in [0.4, 0.5) is 13.2 Å². The molecule has 0 saturated carbocycles. The average Bonchev–Trinajstić information content (AvgIpc) is 2.54. The standard InChI is InChI=1S/C16H21F3N2O3/c17-16(18,19)11-24-9-13-3-1-12(2-4-13)8-21-15(22)7-14-10-23-6-5-20-14/h1-4,14,20H,5-11H2,(H,21,22). The van der Waals surface area contributed by atoms with E-state index in [-0.39, 0.29) is 18.6 Å². The first-order valence-corrected chi connectivity index (χ1v) is 7.72. The molecule has 0 radical (unpaired) electrons. The highest BCUT2D eigenvalue weighted by Gasteiger charge is 2.27. The van der Waals surface area contributed by atoms with E-state index in [0.717, 1.165) is 12.1 Å². The number of morpholine rings is 1. The fraction of sp³-hybridized carbons (Fsp3) is 0.562. The van der Waals surface area contributed by atoms with Gasteiger partial charge in [-0.2, -0.15) is 13.2 Å². The number of halogens is 3. The predicted octanol–water partition coefficient (Wildman–Crippen LogP) is 1.76. The zero-order valence-electron chi connectivity index (χ0n) is 13.2. The van der Waals surface area contributed by atoms with Gasteiger partial charge in [0.2, 0.25) is 5.91 Å². The van der Waals surface area contributed by atoms with E-state index < -0.39 is 12.8 Å². The molecule has 2 rings (SSSR count). The van der Waals surface area contributed by atoms with Gasteiger partial charge in [-0.05, 0) is 11.1 Å². The molecule has 1 heterocycles. The van der Waals surface area contributed by atoms with Gasteiger partial charge in [-0.25, -0.2) is 0 Å². The van der Waals surface area contributed by atoms with Gasteiger partial charge in [0.1, 0.15) is 6.61 Å². The number of carbonyl (C=O) groups excluding carboxylic acids is 1. The number of hydrogen-bond donors (Lipinski definition) is 2. The molecule has 1 aromatic carbocycles. The van der Waals surface area contributed by atoms with Crippen LogP contribution in [0.2, 0.25) is 0 Å². The van der Waals surface area contributed by atoms with Gasteiger partial charge >= 0.3 is 6.18 Å². The highest BCUT2D eigenvalue weighted by Crippen LogP contribution is 2.15. The molecule has 1 fully saturated rings. The number of nitrogens with one attached hydrogen (secondary N) is 2. The van der Waals surface area contributed by atoms with Crippen molar-refractivity contribution in [2.45, 2.75) is 31.8 Å². The Morgan fingerprint density at radius 2 is 2.00 bits per heavy atom. The van der Waals surface area contributed by atoms with Gasteiger partial charge in [-0.15, -0.1) is 0 Å². The summed E-state index contributed by atoms with van der Waals surface area (Å²) in [6.45, 7) is 0.951. The third-order valence-electron chi connectivity index (χ3n) is 3.48. The van der Waals surface area contributed by atoms with Crippen LogP contribution in [0, 0.1) is 0 Å². The molecule has 1 aromatic rings. The van der Waals surface area contributed by atoms with Crippen molar-refractivity contribution in [2.75, 3.05) is 26.4 Å². The first kappa shape index (κ1) is 18.7. The van der Waals surface area contributed by atoms with Gasteiger partial charge in [-0.1, -0.05) is 24.3 Å². The molecular formula is C16H21F3N2O3. The molecule has 1 saturated heterocycles. The fourth-order valence-corrected chi connectivity index (χ4v) is 2.29. The number of ether oxygens (including phenoxy) is 2. The summed E-state index contributed by atoms with van der Waals surface area (Å²) in [6.07, 6.45) is -3.97. The van der Waals surface area contributed by atoms with Crippen molar-refractivity contribution in [3.05, 3.63) is 35.4 Å². The van der Waals surface area contributed by atoms with Gasteiger partial charge in [0.25, 0.3) is 0 Å². The molecule has 2 N–H and O–H groups in total. The molecular weight excluding hydrogens is 325 g/mol. The second-order valence-corrected chi connectivity index (χ2v) is 5.63. The second-order valence-electron chi connectivity index (χ2n) is 5.63. The summed E-state index contributed by atoms with van der Waals surface area (Å²) in [5.74, 6) is -0.0735. The maximum atomic E-state index is 12.0. The Morgan fingerprint density at radius 1 is 1.29 bits per heavy atom. The van der Waals surface area contributed by atoms with Crippen molar-refractivity contribution in [1.82, 2.24) is 10.6 Å².